The van der Waals surface area contributed by atoms with E-state index in [-0.39, 0.29) is 17.1 Å². The fraction of sp³-hybridized carbons (Fsp3) is 0.111. The number of rotatable bonds is 1. The fourth-order valence-electron chi connectivity index (χ4n) is 0.894. The molecule has 66 valence electrons. The number of phenolic OH excluding ortho intramolecular Hbond substituents is 1. The van der Waals surface area contributed by atoms with Crippen LogP contribution in [0.15, 0.2) is 16.6 Å². The smallest absolute Gasteiger partial charge is 0.159 e. The number of nitriles is 1. The van der Waals surface area contributed by atoms with E-state index in [1.165, 1.54) is 19.1 Å². The lowest BCUT2D eigenvalue weighted by molar-refractivity contribution is 0.101. The van der Waals surface area contributed by atoms with Crippen LogP contribution in [-0.2, 0) is 0 Å². The predicted molar refractivity (Wildman–Crippen MR) is 50.5 cm³/mol. The van der Waals surface area contributed by atoms with Gasteiger partial charge in [-0.2, -0.15) is 5.26 Å². The molecule has 0 atom stereocenters. The lowest BCUT2D eigenvalue weighted by atomic mass is 10.1. The molecular formula is C9H6BrNO2. The number of nitrogens with zero attached hydrogens (tertiary/aromatic N) is 1. The van der Waals surface area contributed by atoms with Gasteiger partial charge in [0.15, 0.2) is 5.78 Å². The summed E-state index contributed by atoms with van der Waals surface area (Å²) in [5.74, 6) is -0.274. The lowest BCUT2D eigenvalue weighted by Gasteiger charge is -2.01. The van der Waals surface area contributed by atoms with Gasteiger partial charge in [-0.05, 0) is 35.0 Å². The van der Waals surface area contributed by atoms with Crippen LogP contribution in [0.1, 0.15) is 22.8 Å². The van der Waals surface area contributed by atoms with Gasteiger partial charge in [-0.1, -0.05) is 0 Å². The molecule has 3 nitrogen and oxygen atoms in total. The number of hydrogen-bond acceptors (Lipinski definition) is 3. The van der Waals surface area contributed by atoms with Gasteiger partial charge in [-0.3, -0.25) is 4.79 Å². The van der Waals surface area contributed by atoms with E-state index in [0.29, 0.717) is 10.0 Å². The molecule has 1 aromatic rings. The van der Waals surface area contributed by atoms with E-state index >= 15 is 0 Å². The van der Waals surface area contributed by atoms with Gasteiger partial charge in [0.25, 0.3) is 0 Å². The van der Waals surface area contributed by atoms with Crippen LogP contribution in [0.2, 0.25) is 0 Å². The summed E-state index contributed by atoms with van der Waals surface area (Å²) in [7, 11) is 0. The van der Waals surface area contributed by atoms with E-state index in [2.05, 4.69) is 15.9 Å². The minimum Gasteiger partial charge on any atom is -0.507 e. The first-order valence-electron chi connectivity index (χ1n) is 3.50. The first-order chi connectivity index (χ1) is 6.06. The highest BCUT2D eigenvalue weighted by molar-refractivity contribution is 9.10. The van der Waals surface area contributed by atoms with Crippen LogP contribution in [0.3, 0.4) is 0 Å². The van der Waals surface area contributed by atoms with Crippen molar-refractivity contribution in [1.82, 2.24) is 0 Å². The fourth-order valence-corrected chi connectivity index (χ4v) is 1.21. The van der Waals surface area contributed by atoms with Crippen molar-refractivity contribution in [3.05, 3.63) is 27.7 Å². The summed E-state index contributed by atoms with van der Waals surface area (Å²) < 4.78 is 0.319. The number of benzene rings is 1. The van der Waals surface area contributed by atoms with Crippen LogP contribution in [0, 0.1) is 11.3 Å². The molecule has 0 aliphatic rings. The van der Waals surface area contributed by atoms with E-state index in [9.17, 15) is 9.90 Å². The van der Waals surface area contributed by atoms with Crippen LogP contribution in [0.25, 0.3) is 0 Å². The molecule has 0 fully saturated rings. The van der Waals surface area contributed by atoms with Crippen molar-refractivity contribution in [2.24, 2.45) is 0 Å². The molecule has 0 aliphatic heterocycles. The molecule has 0 radical (unpaired) electrons. The summed E-state index contributed by atoms with van der Waals surface area (Å²) in [4.78, 5) is 10.9. The highest BCUT2D eigenvalue weighted by Crippen LogP contribution is 2.28. The van der Waals surface area contributed by atoms with Gasteiger partial charge in [0.05, 0.1) is 10.0 Å². The summed E-state index contributed by atoms with van der Waals surface area (Å²) in [6.45, 7) is 1.38. The Bertz CT molecular complexity index is 407. The van der Waals surface area contributed by atoms with E-state index in [1.54, 1.807) is 0 Å². The standard InChI is InChI=1S/C9H6BrNO2/c1-5(12)6-2-7(4-11)9(10)8(13)3-6/h2-3,13H,1H3. The van der Waals surface area contributed by atoms with Crippen molar-refractivity contribution in [1.29, 1.82) is 5.26 Å². The topological polar surface area (TPSA) is 61.1 Å². The molecule has 0 saturated carbocycles. The highest BCUT2D eigenvalue weighted by atomic mass is 79.9. The molecule has 0 bridgehead atoms. The van der Waals surface area contributed by atoms with Crippen molar-refractivity contribution in [2.75, 3.05) is 0 Å². The maximum atomic E-state index is 10.9. The third-order valence-corrected chi connectivity index (χ3v) is 2.41. The normalized spacial score (nSPS) is 9.31. The molecule has 0 unspecified atom stereocenters. The van der Waals surface area contributed by atoms with Crippen molar-refractivity contribution in [3.8, 4) is 11.8 Å². The summed E-state index contributed by atoms with van der Waals surface area (Å²) >= 11 is 3.04. The Hall–Kier alpha value is -1.34. The number of Topliss-reactive ketones (excluding diaryl/α,β-unsaturated/α-hetero) is 1. The number of phenols is 1. The quantitative estimate of drug-likeness (QED) is 0.765. The van der Waals surface area contributed by atoms with Gasteiger partial charge in [0.1, 0.15) is 11.8 Å². The van der Waals surface area contributed by atoms with Crippen LogP contribution >= 0.6 is 15.9 Å². The average Bonchev–Trinajstić information content (AvgIpc) is 2.09. The minimum atomic E-state index is -0.181. The second-order valence-electron chi connectivity index (χ2n) is 2.52. The van der Waals surface area contributed by atoms with Gasteiger partial charge < -0.3 is 5.11 Å². The number of carbonyl (C=O) groups excluding carboxylic acids is 1. The van der Waals surface area contributed by atoms with Crippen LogP contribution < -0.4 is 0 Å². The largest absolute Gasteiger partial charge is 0.507 e. The molecular weight excluding hydrogens is 234 g/mol. The molecule has 0 heterocycles. The molecule has 4 heteroatoms. The zero-order valence-electron chi connectivity index (χ0n) is 6.84. The number of ketones is 1. The Morgan fingerprint density at radius 1 is 1.62 bits per heavy atom. The SMILES string of the molecule is CC(=O)c1cc(O)c(Br)c(C#N)c1. The minimum absolute atomic E-state index is 0.0933. The molecule has 0 amide bonds. The van der Waals surface area contributed by atoms with Gasteiger partial charge in [0.2, 0.25) is 0 Å². The predicted octanol–water partition coefficient (Wildman–Crippen LogP) is 2.23. The maximum absolute atomic E-state index is 10.9. The summed E-state index contributed by atoms with van der Waals surface area (Å²) in [6.07, 6.45) is 0. The molecule has 0 spiro atoms. The zero-order chi connectivity index (χ0) is 10.0. The van der Waals surface area contributed by atoms with Gasteiger partial charge in [0, 0.05) is 5.56 Å². The Morgan fingerprint density at radius 2 is 2.23 bits per heavy atom. The number of aromatic hydroxyl groups is 1. The van der Waals surface area contributed by atoms with E-state index in [4.69, 9.17) is 5.26 Å². The molecule has 0 aliphatic carbocycles. The van der Waals surface area contributed by atoms with Gasteiger partial charge in [-0.25, -0.2) is 0 Å². The third-order valence-electron chi connectivity index (χ3n) is 1.58. The first-order valence-corrected chi connectivity index (χ1v) is 4.29. The Labute approximate surface area is 83.7 Å². The van der Waals surface area contributed by atoms with Crippen molar-refractivity contribution < 1.29 is 9.90 Å². The maximum Gasteiger partial charge on any atom is 0.159 e. The van der Waals surface area contributed by atoms with Crippen LogP contribution in [0.4, 0.5) is 0 Å². The molecule has 1 rings (SSSR count). The Morgan fingerprint density at radius 3 is 2.69 bits per heavy atom. The van der Waals surface area contributed by atoms with E-state index < -0.39 is 0 Å². The second-order valence-corrected chi connectivity index (χ2v) is 3.32. The average molecular weight is 240 g/mol. The molecule has 0 aromatic heterocycles. The lowest BCUT2D eigenvalue weighted by Crippen LogP contribution is -1.93. The van der Waals surface area contributed by atoms with Crippen LogP contribution in [-0.4, -0.2) is 10.9 Å². The number of halogens is 1. The molecule has 13 heavy (non-hydrogen) atoms. The molecule has 0 saturated heterocycles. The Kier molecular flexibility index (Phi) is 2.69. The summed E-state index contributed by atoms with van der Waals surface area (Å²) in [5.41, 5.74) is 0.586. The highest BCUT2D eigenvalue weighted by Gasteiger charge is 2.09. The van der Waals surface area contributed by atoms with Crippen molar-refractivity contribution in [2.45, 2.75) is 6.92 Å². The van der Waals surface area contributed by atoms with Crippen LogP contribution in [0.5, 0.6) is 5.75 Å². The monoisotopic (exact) mass is 239 g/mol. The van der Waals surface area contributed by atoms with Gasteiger partial charge >= 0.3 is 0 Å². The summed E-state index contributed by atoms with van der Waals surface area (Å²) in [5, 5.41) is 18.0. The number of hydrogen-bond donors (Lipinski definition) is 1. The Balaban J connectivity index is 3.41. The molecule has 1 N–H and O–H groups in total. The number of carbonyl (C=O) groups is 1. The van der Waals surface area contributed by atoms with Crippen molar-refractivity contribution >= 4 is 21.7 Å². The van der Waals surface area contributed by atoms with Crippen molar-refractivity contribution in [3.63, 3.8) is 0 Å². The van der Waals surface area contributed by atoms with Gasteiger partial charge in [-0.15, -0.1) is 0 Å². The molecule has 1 aromatic carbocycles. The second kappa shape index (κ2) is 3.58. The third kappa shape index (κ3) is 1.87. The summed E-state index contributed by atoms with van der Waals surface area (Å²) in [6, 6.07) is 4.64. The van der Waals surface area contributed by atoms with E-state index in [0.717, 1.165) is 0 Å². The zero-order valence-corrected chi connectivity index (χ0v) is 8.42. The van der Waals surface area contributed by atoms with E-state index in [1.807, 2.05) is 6.07 Å². The first kappa shape index (κ1) is 9.75.